The fourth-order valence-electron chi connectivity index (χ4n) is 1.96. The van der Waals surface area contributed by atoms with Crippen molar-refractivity contribution >= 4 is 11.9 Å². The van der Waals surface area contributed by atoms with Gasteiger partial charge in [0.25, 0.3) is 5.91 Å². The number of carbonyl (C=O) groups is 1. The fraction of sp³-hybridized carbons (Fsp3) is 0. The standard InChI is InChI=1S/C17H12FN3O/c18-14-8-6-12(7-9-14)15-10-11-19-17(20-15)21-16(22)13-4-2-1-3-5-13/h1-11H,(H,19,20,21,22). The number of carbonyl (C=O) groups excluding carboxylic acids is 1. The number of hydrogen-bond acceptors (Lipinski definition) is 3. The van der Waals surface area contributed by atoms with Gasteiger partial charge in [0.2, 0.25) is 5.95 Å². The first-order valence-corrected chi connectivity index (χ1v) is 6.68. The van der Waals surface area contributed by atoms with E-state index < -0.39 is 0 Å². The molecular weight excluding hydrogens is 281 g/mol. The van der Waals surface area contributed by atoms with Gasteiger partial charge in [-0.2, -0.15) is 0 Å². The largest absolute Gasteiger partial charge is 0.290 e. The minimum Gasteiger partial charge on any atom is -0.290 e. The number of nitrogens with zero attached hydrogens (tertiary/aromatic N) is 2. The molecule has 1 amide bonds. The first-order valence-electron chi connectivity index (χ1n) is 6.68. The summed E-state index contributed by atoms with van der Waals surface area (Å²) in [5.74, 6) is -0.386. The molecule has 108 valence electrons. The van der Waals surface area contributed by atoms with Crippen molar-refractivity contribution in [1.82, 2.24) is 9.97 Å². The molecule has 1 N–H and O–H groups in total. The predicted octanol–water partition coefficient (Wildman–Crippen LogP) is 3.54. The molecule has 0 saturated carbocycles. The summed E-state index contributed by atoms with van der Waals surface area (Å²) in [7, 11) is 0. The van der Waals surface area contributed by atoms with Gasteiger partial charge in [-0.05, 0) is 42.5 Å². The normalized spacial score (nSPS) is 10.2. The van der Waals surface area contributed by atoms with E-state index in [4.69, 9.17) is 0 Å². The predicted molar refractivity (Wildman–Crippen MR) is 81.8 cm³/mol. The summed E-state index contributed by atoms with van der Waals surface area (Å²) < 4.78 is 13.0. The molecule has 1 heterocycles. The minimum absolute atomic E-state index is 0.204. The van der Waals surface area contributed by atoms with Gasteiger partial charge in [0.1, 0.15) is 5.82 Å². The molecule has 1 aromatic heterocycles. The molecule has 0 aliphatic heterocycles. The number of rotatable bonds is 3. The summed E-state index contributed by atoms with van der Waals surface area (Å²) in [5.41, 5.74) is 1.88. The van der Waals surface area contributed by atoms with E-state index in [2.05, 4.69) is 15.3 Å². The van der Waals surface area contributed by atoms with Crippen LogP contribution in [-0.4, -0.2) is 15.9 Å². The molecule has 2 aromatic carbocycles. The van der Waals surface area contributed by atoms with Gasteiger partial charge in [0.15, 0.2) is 0 Å². The van der Waals surface area contributed by atoms with Gasteiger partial charge in [0, 0.05) is 17.3 Å². The number of nitrogens with one attached hydrogen (secondary N) is 1. The summed E-state index contributed by atoms with van der Waals surface area (Å²) >= 11 is 0. The van der Waals surface area contributed by atoms with Gasteiger partial charge in [0.05, 0.1) is 5.69 Å². The van der Waals surface area contributed by atoms with Crippen LogP contribution in [0.15, 0.2) is 66.9 Å². The molecule has 0 unspecified atom stereocenters. The lowest BCUT2D eigenvalue weighted by Crippen LogP contribution is -2.14. The summed E-state index contributed by atoms with van der Waals surface area (Å²) in [6.45, 7) is 0. The van der Waals surface area contributed by atoms with Crippen LogP contribution in [0.3, 0.4) is 0 Å². The smallest absolute Gasteiger partial charge is 0.258 e. The second kappa shape index (κ2) is 6.13. The Labute approximate surface area is 126 Å². The van der Waals surface area contributed by atoms with Crippen molar-refractivity contribution in [2.45, 2.75) is 0 Å². The molecule has 4 nitrogen and oxygen atoms in total. The Morgan fingerprint density at radius 2 is 1.68 bits per heavy atom. The van der Waals surface area contributed by atoms with Crippen LogP contribution in [0.1, 0.15) is 10.4 Å². The van der Waals surface area contributed by atoms with Gasteiger partial charge in [-0.25, -0.2) is 14.4 Å². The second-order valence-corrected chi connectivity index (χ2v) is 4.59. The van der Waals surface area contributed by atoms with Crippen molar-refractivity contribution in [3.8, 4) is 11.3 Å². The van der Waals surface area contributed by atoms with E-state index in [1.54, 1.807) is 48.7 Å². The Morgan fingerprint density at radius 1 is 0.955 bits per heavy atom. The highest BCUT2D eigenvalue weighted by molar-refractivity contribution is 6.03. The number of benzene rings is 2. The first kappa shape index (κ1) is 13.9. The Morgan fingerprint density at radius 3 is 2.41 bits per heavy atom. The van der Waals surface area contributed by atoms with Crippen molar-refractivity contribution in [2.75, 3.05) is 5.32 Å². The lowest BCUT2D eigenvalue weighted by molar-refractivity contribution is 0.102. The molecule has 22 heavy (non-hydrogen) atoms. The summed E-state index contributed by atoms with van der Waals surface area (Å²) in [4.78, 5) is 20.4. The quantitative estimate of drug-likeness (QED) is 0.803. The zero-order valence-electron chi connectivity index (χ0n) is 11.5. The van der Waals surface area contributed by atoms with Crippen LogP contribution in [0.25, 0.3) is 11.3 Å². The molecule has 0 spiro atoms. The average molecular weight is 293 g/mol. The van der Waals surface area contributed by atoms with Gasteiger partial charge in [-0.15, -0.1) is 0 Å². The summed E-state index contributed by atoms with van der Waals surface area (Å²) in [6.07, 6.45) is 1.55. The zero-order chi connectivity index (χ0) is 15.4. The van der Waals surface area contributed by atoms with E-state index in [9.17, 15) is 9.18 Å². The third-order valence-corrected chi connectivity index (χ3v) is 3.06. The van der Waals surface area contributed by atoms with Crippen molar-refractivity contribution in [2.24, 2.45) is 0 Å². The number of amides is 1. The Kier molecular flexibility index (Phi) is 3.87. The Hall–Kier alpha value is -3.08. The van der Waals surface area contributed by atoms with Crippen LogP contribution in [0.5, 0.6) is 0 Å². The van der Waals surface area contributed by atoms with Crippen molar-refractivity contribution in [3.05, 3.63) is 78.2 Å². The van der Waals surface area contributed by atoms with Crippen molar-refractivity contribution in [3.63, 3.8) is 0 Å². The molecule has 0 atom stereocenters. The summed E-state index contributed by atoms with van der Waals surface area (Å²) in [6, 6.07) is 16.5. The Bertz CT molecular complexity index is 789. The maximum Gasteiger partial charge on any atom is 0.258 e. The second-order valence-electron chi connectivity index (χ2n) is 4.59. The van der Waals surface area contributed by atoms with Gasteiger partial charge in [-0.1, -0.05) is 18.2 Å². The van der Waals surface area contributed by atoms with Crippen LogP contribution in [-0.2, 0) is 0 Å². The molecular formula is C17H12FN3O. The molecule has 0 radical (unpaired) electrons. The topological polar surface area (TPSA) is 54.9 Å². The molecule has 0 saturated heterocycles. The number of aromatic nitrogens is 2. The monoisotopic (exact) mass is 293 g/mol. The third-order valence-electron chi connectivity index (χ3n) is 3.06. The van der Waals surface area contributed by atoms with E-state index in [1.165, 1.54) is 12.1 Å². The highest BCUT2D eigenvalue weighted by Gasteiger charge is 2.08. The van der Waals surface area contributed by atoms with E-state index in [1.807, 2.05) is 6.07 Å². The maximum absolute atomic E-state index is 13.0. The molecule has 3 rings (SSSR count). The number of hydrogen-bond donors (Lipinski definition) is 1. The molecule has 0 fully saturated rings. The van der Waals surface area contributed by atoms with Crippen molar-refractivity contribution < 1.29 is 9.18 Å². The SMILES string of the molecule is O=C(Nc1nccc(-c2ccc(F)cc2)n1)c1ccccc1. The molecule has 0 aliphatic rings. The zero-order valence-corrected chi connectivity index (χ0v) is 11.5. The highest BCUT2D eigenvalue weighted by atomic mass is 19.1. The van der Waals surface area contributed by atoms with Crippen LogP contribution in [0.4, 0.5) is 10.3 Å². The lowest BCUT2D eigenvalue weighted by Gasteiger charge is -2.06. The van der Waals surface area contributed by atoms with E-state index in [0.717, 1.165) is 5.56 Å². The molecule has 0 bridgehead atoms. The average Bonchev–Trinajstić information content (AvgIpc) is 2.56. The molecule has 3 aromatic rings. The Balaban J connectivity index is 1.82. The van der Waals surface area contributed by atoms with E-state index in [-0.39, 0.29) is 17.7 Å². The summed E-state index contributed by atoms with van der Waals surface area (Å²) in [5, 5.41) is 2.64. The van der Waals surface area contributed by atoms with Gasteiger partial charge in [-0.3, -0.25) is 10.1 Å². The number of anilines is 1. The van der Waals surface area contributed by atoms with Gasteiger partial charge < -0.3 is 0 Å². The van der Waals surface area contributed by atoms with Crippen LogP contribution < -0.4 is 5.32 Å². The molecule has 5 heteroatoms. The van der Waals surface area contributed by atoms with Crippen LogP contribution in [0, 0.1) is 5.82 Å². The van der Waals surface area contributed by atoms with Crippen LogP contribution >= 0.6 is 0 Å². The van der Waals surface area contributed by atoms with E-state index in [0.29, 0.717) is 11.3 Å². The number of halogens is 1. The van der Waals surface area contributed by atoms with E-state index >= 15 is 0 Å². The van der Waals surface area contributed by atoms with Gasteiger partial charge >= 0.3 is 0 Å². The molecule has 0 aliphatic carbocycles. The van der Waals surface area contributed by atoms with Crippen LogP contribution in [0.2, 0.25) is 0 Å². The first-order chi connectivity index (χ1) is 10.7. The third kappa shape index (κ3) is 3.15. The van der Waals surface area contributed by atoms with Crippen molar-refractivity contribution in [1.29, 1.82) is 0 Å². The highest BCUT2D eigenvalue weighted by Crippen LogP contribution is 2.18. The minimum atomic E-state index is -0.310. The maximum atomic E-state index is 13.0. The fourth-order valence-corrected chi connectivity index (χ4v) is 1.96. The lowest BCUT2D eigenvalue weighted by atomic mass is 10.1.